The van der Waals surface area contributed by atoms with Gasteiger partial charge in [-0.3, -0.25) is 14.6 Å². The minimum Gasteiger partial charge on any atom is -0.507 e. The highest BCUT2D eigenvalue weighted by Crippen LogP contribution is 2.32. The van der Waals surface area contributed by atoms with E-state index in [0.29, 0.717) is 29.2 Å². The van der Waals surface area contributed by atoms with Gasteiger partial charge in [0, 0.05) is 24.0 Å². The molecule has 0 aliphatic heterocycles. The fraction of sp³-hybridized carbons (Fsp3) is 0.0870. The van der Waals surface area contributed by atoms with Crippen molar-refractivity contribution in [3.63, 3.8) is 0 Å². The van der Waals surface area contributed by atoms with Crippen LogP contribution >= 0.6 is 0 Å². The molecular weight excluding hydrogens is 382 g/mol. The summed E-state index contributed by atoms with van der Waals surface area (Å²) in [5, 5.41) is 16.2. The van der Waals surface area contributed by atoms with Crippen molar-refractivity contribution in [2.75, 3.05) is 17.7 Å². The van der Waals surface area contributed by atoms with Gasteiger partial charge < -0.3 is 20.5 Å². The van der Waals surface area contributed by atoms with Crippen molar-refractivity contribution in [3.8, 4) is 22.8 Å². The maximum atomic E-state index is 12.1. The van der Waals surface area contributed by atoms with E-state index in [4.69, 9.17) is 4.74 Å². The molecule has 4 rings (SSSR count). The molecule has 0 bridgehead atoms. The second-order valence-electron chi connectivity index (χ2n) is 6.69. The van der Waals surface area contributed by atoms with E-state index in [9.17, 15) is 14.7 Å². The lowest BCUT2D eigenvalue weighted by molar-refractivity contribution is 0.414. The Kier molecular flexibility index (Phi) is 5.17. The van der Waals surface area contributed by atoms with Crippen molar-refractivity contribution in [1.29, 1.82) is 0 Å². The molecule has 7 heteroatoms. The van der Waals surface area contributed by atoms with Crippen LogP contribution in [-0.4, -0.2) is 17.2 Å². The summed E-state index contributed by atoms with van der Waals surface area (Å²) in [4.78, 5) is 28.4. The number of rotatable bonds is 7. The van der Waals surface area contributed by atoms with Gasteiger partial charge in [-0.05, 0) is 48.0 Å². The number of phenols is 1. The Morgan fingerprint density at radius 2 is 1.80 bits per heavy atom. The number of pyridine rings is 1. The third kappa shape index (κ3) is 3.73. The van der Waals surface area contributed by atoms with Crippen LogP contribution in [0.5, 0.6) is 11.5 Å². The van der Waals surface area contributed by atoms with E-state index < -0.39 is 10.9 Å². The van der Waals surface area contributed by atoms with Crippen LogP contribution in [0, 0.1) is 0 Å². The van der Waals surface area contributed by atoms with E-state index in [1.807, 2.05) is 30.3 Å². The molecule has 0 aliphatic carbocycles. The first-order valence-electron chi connectivity index (χ1n) is 9.28. The summed E-state index contributed by atoms with van der Waals surface area (Å²) in [5.74, 6) is 0.782. The third-order valence-corrected chi connectivity index (χ3v) is 4.72. The zero-order valence-electron chi connectivity index (χ0n) is 16.2. The Morgan fingerprint density at radius 1 is 0.967 bits per heavy atom. The highest BCUT2D eigenvalue weighted by atomic mass is 16.5. The van der Waals surface area contributed by atoms with Crippen LogP contribution in [0.1, 0.15) is 5.56 Å². The number of methoxy groups -OCH3 is 1. The molecule has 0 spiro atoms. The number of anilines is 3. The van der Waals surface area contributed by atoms with Gasteiger partial charge in [-0.2, -0.15) is 0 Å². The van der Waals surface area contributed by atoms with E-state index in [2.05, 4.69) is 15.6 Å². The molecule has 0 atom stereocenters. The predicted molar refractivity (Wildman–Crippen MR) is 116 cm³/mol. The van der Waals surface area contributed by atoms with Gasteiger partial charge in [0.05, 0.1) is 12.8 Å². The number of nitrogens with one attached hydrogen (secondary N) is 2. The maximum Gasteiger partial charge on any atom is 0.253 e. The van der Waals surface area contributed by atoms with Crippen LogP contribution in [-0.2, 0) is 6.54 Å². The number of benzene rings is 2. The Bertz CT molecular complexity index is 1260. The summed E-state index contributed by atoms with van der Waals surface area (Å²) in [5.41, 5.74) is 1.86. The second-order valence-corrected chi connectivity index (χ2v) is 6.69. The Hall–Kier alpha value is -4.13. The molecule has 3 N–H and O–H groups in total. The molecule has 0 radical (unpaired) electrons. The van der Waals surface area contributed by atoms with Crippen LogP contribution in [0.3, 0.4) is 0 Å². The van der Waals surface area contributed by atoms with Crippen molar-refractivity contribution in [2.24, 2.45) is 0 Å². The predicted octanol–water partition coefficient (Wildman–Crippen LogP) is 3.41. The average molecular weight is 401 g/mol. The molecule has 1 heterocycles. The van der Waals surface area contributed by atoms with Gasteiger partial charge >= 0.3 is 0 Å². The number of hydrogen-bond donors (Lipinski definition) is 3. The SMILES string of the molecule is COc1cccc(CNc2c(Nc3ccc(O)c(-c4ccccn4)c3)c(=O)c2=O)c1. The lowest BCUT2D eigenvalue weighted by Crippen LogP contribution is -2.36. The molecule has 3 aromatic carbocycles. The zero-order chi connectivity index (χ0) is 21.1. The maximum absolute atomic E-state index is 12.1. The minimum atomic E-state index is -0.587. The number of aromatic hydroxyl groups is 1. The first-order chi connectivity index (χ1) is 14.6. The van der Waals surface area contributed by atoms with Crippen molar-refractivity contribution in [2.45, 2.75) is 6.54 Å². The molecule has 0 saturated heterocycles. The first-order valence-corrected chi connectivity index (χ1v) is 9.28. The highest BCUT2D eigenvalue weighted by molar-refractivity contribution is 5.81. The fourth-order valence-corrected chi connectivity index (χ4v) is 3.14. The van der Waals surface area contributed by atoms with E-state index in [1.54, 1.807) is 37.6 Å². The van der Waals surface area contributed by atoms with Crippen molar-refractivity contribution in [3.05, 3.63) is 92.9 Å². The lowest BCUT2D eigenvalue weighted by Gasteiger charge is -2.16. The van der Waals surface area contributed by atoms with Gasteiger partial charge in [0.1, 0.15) is 22.9 Å². The molecule has 0 aliphatic rings. The number of hydrogen-bond acceptors (Lipinski definition) is 7. The second kappa shape index (κ2) is 8.08. The monoisotopic (exact) mass is 401 g/mol. The van der Waals surface area contributed by atoms with E-state index in [-0.39, 0.29) is 17.1 Å². The summed E-state index contributed by atoms with van der Waals surface area (Å²) < 4.78 is 5.20. The van der Waals surface area contributed by atoms with Gasteiger partial charge in [0.15, 0.2) is 0 Å². The molecule has 150 valence electrons. The average Bonchev–Trinajstić information content (AvgIpc) is 2.79. The van der Waals surface area contributed by atoms with Crippen LogP contribution in [0.25, 0.3) is 11.3 Å². The first kappa shape index (κ1) is 19.2. The van der Waals surface area contributed by atoms with E-state index in [1.165, 1.54) is 6.07 Å². The quantitative estimate of drug-likeness (QED) is 0.322. The molecule has 1 aromatic heterocycles. The lowest BCUT2D eigenvalue weighted by atomic mass is 10.1. The Labute approximate surface area is 172 Å². The van der Waals surface area contributed by atoms with Crippen molar-refractivity contribution >= 4 is 17.1 Å². The van der Waals surface area contributed by atoms with Gasteiger partial charge in [0.25, 0.3) is 10.9 Å². The molecule has 4 aromatic rings. The van der Waals surface area contributed by atoms with Gasteiger partial charge in [-0.15, -0.1) is 0 Å². The fourth-order valence-electron chi connectivity index (χ4n) is 3.14. The van der Waals surface area contributed by atoms with Crippen LogP contribution in [0.2, 0.25) is 0 Å². The molecule has 0 fully saturated rings. The van der Waals surface area contributed by atoms with E-state index in [0.717, 1.165) is 5.56 Å². The van der Waals surface area contributed by atoms with Crippen LogP contribution < -0.4 is 26.2 Å². The van der Waals surface area contributed by atoms with Gasteiger partial charge in [0.2, 0.25) is 0 Å². The summed E-state index contributed by atoms with van der Waals surface area (Å²) in [7, 11) is 1.59. The molecular formula is C23H19N3O4. The summed E-state index contributed by atoms with van der Waals surface area (Å²) in [6.45, 7) is 0.367. The number of ether oxygens (including phenoxy) is 1. The minimum absolute atomic E-state index is 0.0700. The van der Waals surface area contributed by atoms with Crippen LogP contribution in [0.15, 0.2) is 76.4 Å². The van der Waals surface area contributed by atoms with Crippen LogP contribution in [0.4, 0.5) is 17.1 Å². The summed E-state index contributed by atoms with van der Waals surface area (Å²) in [6.07, 6.45) is 1.63. The number of aromatic nitrogens is 1. The summed E-state index contributed by atoms with van der Waals surface area (Å²) in [6, 6.07) is 17.6. The standard InChI is InChI=1S/C23H19N3O4/c1-30-16-6-4-5-14(11-16)13-25-20-21(23(29)22(20)28)26-15-8-9-19(27)17(12-15)18-7-2-3-10-24-18/h2-12,25-27H,13H2,1H3. The Morgan fingerprint density at radius 3 is 2.57 bits per heavy atom. The topological polar surface area (TPSA) is 101 Å². The molecule has 0 saturated carbocycles. The molecule has 0 unspecified atom stereocenters. The van der Waals surface area contributed by atoms with Gasteiger partial charge in [-0.25, -0.2) is 0 Å². The van der Waals surface area contributed by atoms with Gasteiger partial charge in [-0.1, -0.05) is 18.2 Å². The summed E-state index contributed by atoms with van der Waals surface area (Å²) >= 11 is 0. The highest BCUT2D eigenvalue weighted by Gasteiger charge is 2.21. The smallest absolute Gasteiger partial charge is 0.253 e. The normalized spacial score (nSPS) is 10.7. The number of phenolic OH excluding ortho intramolecular Hbond substituents is 1. The van der Waals surface area contributed by atoms with Crippen molar-refractivity contribution in [1.82, 2.24) is 4.98 Å². The number of nitrogens with zero attached hydrogens (tertiary/aromatic N) is 1. The molecule has 7 nitrogen and oxygen atoms in total. The largest absolute Gasteiger partial charge is 0.507 e. The Balaban J connectivity index is 1.56. The van der Waals surface area contributed by atoms with E-state index >= 15 is 0 Å². The zero-order valence-corrected chi connectivity index (χ0v) is 16.2. The molecule has 30 heavy (non-hydrogen) atoms. The van der Waals surface area contributed by atoms with Crippen molar-refractivity contribution < 1.29 is 9.84 Å². The molecule has 0 amide bonds. The third-order valence-electron chi connectivity index (χ3n) is 4.72.